The largest absolute Gasteiger partial charge is 0.468 e. The highest BCUT2D eigenvalue weighted by Crippen LogP contribution is 2.41. The van der Waals surface area contributed by atoms with Gasteiger partial charge in [0.25, 0.3) is 5.69 Å². The zero-order valence-electron chi connectivity index (χ0n) is 25.7. The third-order valence-corrected chi connectivity index (χ3v) is 8.72. The number of benzene rings is 2. The van der Waals surface area contributed by atoms with E-state index in [9.17, 15) is 24.5 Å². The van der Waals surface area contributed by atoms with E-state index in [1.165, 1.54) is 19.2 Å². The molecule has 2 aliphatic heterocycles. The van der Waals surface area contributed by atoms with Crippen molar-refractivity contribution in [2.75, 3.05) is 39.9 Å². The normalized spacial score (nSPS) is 20.0. The van der Waals surface area contributed by atoms with E-state index in [-0.39, 0.29) is 18.3 Å². The van der Waals surface area contributed by atoms with Gasteiger partial charge in [-0.2, -0.15) is 0 Å². The number of hydrogen-bond donors (Lipinski definition) is 0. The number of hydrogen-bond acceptors (Lipinski definition) is 9. The number of non-ortho nitro benzene ring substituents is 1. The number of nitro benzene ring substituents is 1. The fourth-order valence-electron chi connectivity index (χ4n) is 6.51. The lowest BCUT2D eigenvalue weighted by atomic mass is 9.72. The van der Waals surface area contributed by atoms with Crippen LogP contribution in [0, 0.1) is 16.0 Å². The van der Waals surface area contributed by atoms with Crippen molar-refractivity contribution in [1.29, 1.82) is 0 Å². The molecule has 0 aliphatic carbocycles. The second-order valence-corrected chi connectivity index (χ2v) is 11.2. The maximum absolute atomic E-state index is 13.2. The van der Waals surface area contributed by atoms with Crippen LogP contribution in [0.3, 0.4) is 0 Å². The highest BCUT2D eigenvalue weighted by Gasteiger charge is 2.44. The third kappa shape index (κ3) is 6.72. The summed E-state index contributed by atoms with van der Waals surface area (Å²) in [5.74, 6) is -2.09. The lowest BCUT2D eigenvalue weighted by Crippen LogP contribution is -2.48. The number of esters is 2. The molecule has 1 fully saturated rings. The van der Waals surface area contributed by atoms with Crippen LogP contribution < -0.4 is 0 Å². The van der Waals surface area contributed by atoms with E-state index in [2.05, 4.69) is 9.89 Å². The Labute approximate surface area is 257 Å². The number of aliphatic imine (C=N–C) groups is 1. The molecular formula is C33H40N4O7. The molecule has 0 saturated carbocycles. The molecule has 2 atom stereocenters. The molecule has 0 radical (unpaired) electrons. The third-order valence-electron chi connectivity index (χ3n) is 8.72. The van der Waals surface area contributed by atoms with Crippen LogP contribution in [0.5, 0.6) is 0 Å². The summed E-state index contributed by atoms with van der Waals surface area (Å²) in [5, 5.41) is 11.3. The molecule has 0 spiro atoms. The molecule has 2 heterocycles. The molecule has 234 valence electrons. The summed E-state index contributed by atoms with van der Waals surface area (Å²) in [6.45, 7) is 7.95. The summed E-state index contributed by atoms with van der Waals surface area (Å²) in [6, 6.07) is 15.8. The molecule has 11 nitrogen and oxygen atoms in total. The minimum Gasteiger partial charge on any atom is -0.468 e. The standard InChI is InChI=1S/C33H40N4O7/c1-5-44-31(39)28-23(2)34-24(3)30(29(28)25-12-14-27(15-13-25)37(41)42)36(22-38)19-9-18-35-20-16-33(17-21-35,32(40)43-4)26-10-7-6-8-11-26/h6-8,10-15,22,28-29H,5,9,16-21H2,1-4H3. The SMILES string of the molecule is CCOC(=O)C1C(C)=NC(C)=C(N(C=O)CCCN2CCC(C(=O)OC)(c3ccccc3)CC2)C1c1ccc([N+](=O)[O-])cc1. The van der Waals surface area contributed by atoms with Gasteiger partial charge in [0.05, 0.1) is 35.4 Å². The lowest BCUT2D eigenvalue weighted by Gasteiger charge is -2.40. The number of allylic oxidation sites excluding steroid dienone is 2. The van der Waals surface area contributed by atoms with Crippen molar-refractivity contribution >= 4 is 29.7 Å². The van der Waals surface area contributed by atoms with Crippen LogP contribution in [0.4, 0.5) is 5.69 Å². The van der Waals surface area contributed by atoms with E-state index in [4.69, 9.17) is 9.47 Å². The van der Waals surface area contributed by atoms with Crippen molar-refractivity contribution in [1.82, 2.24) is 9.80 Å². The average molecular weight is 605 g/mol. The topological polar surface area (TPSA) is 132 Å². The Morgan fingerprint density at radius 3 is 2.34 bits per heavy atom. The quantitative estimate of drug-likeness (QED) is 0.148. The van der Waals surface area contributed by atoms with Crippen molar-refractivity contribution < 1.29 is 28.8 Å². The van der Waals surface area contributed by atoms with Gasteiger partial charge in [-0.15, -0.1) is 0 Å². The molecular weight excluding hydrogens is 564 g/mol. The molecule has 1 saturated heterocycles. The van der Waals surface area contributed by atoms with Gasteiger partial charge >= 0.3 is 11.9 Å². The first-order chi connectivity index (χ1) is 21.2. The number of rotatable bonds is 12. The van der Waals surface area contributed by atoms with Gasteiger partial charge in [0.1, 0.15) is 5.92 Å². The first-order valence-electron chi connectivity index (χ1n) is 14.9. The zero-order valence-corrected chi connectivity index (χ0v) is 25.7. The minimum absolute atomic E-state index is 0.0675. The van der Waals surface area contributed by atoms with Crippen LogP contribution >= 0.6 is 0 Å². The van der Waals surface area contributed by atoms with Gasteiger partial charge in [0.2, 0.25) is 6.41 Å². The number of carbonyl (C=O) groups is 3. The number of nitro groups is 1. The maximum Gasteiger partial charge on any atom is 0.316 e. The molecule has 2 aliphatic rings. The van der Waals surface area contributed by atoms with Gasteiger partial charge in [0, 0.05) is 30.3 Å². The number of ether oxygens (including phenoxy) is 2. The fourth-order valence-corrected chi connectivity index (χ4v) is 6.51. The van der Waals surface area contributed by atoms with E-state index in [1.807, 2.05) is 30.3 Å². The summed E-state index contributed by atoms with van der Waals surface area (Å²) in [5.41, 5.74) is 2.60. The van der Waals surface area contributed by atoms with E-state index < -0.39 is 28.1 Å². The summed E-state index contributed by atoms with van der Waals surface area (Å²) >= 11 is 0. The molecule has 2 aromatic carbocycles. The summed E-state index contributed by atoms with van der Waals surface area (Å²) in [4.78, 5) is 58.0. The molecule has 0 N–H and O–H groups in total. The summed E-state index contributed by atoms with van der Waals surface area (Å²) < 4.78 is 10.6. The minimum atomic E-state index is -0.788. The molecule has 11 heteroatoms. The van der Waals surface area contributed by atoms with E-state index in [0.717, 1.165) is 12.0 Å². The number of piperidine rings is 1. The second kappa shape index (κ2) is 14.4. The van der Waals surface area contributed by atoms with Crippen molar-refractivity contribution in [3.8, 4) is 0 Å². The summed E-state index contributed by atoms with van der Waals surface area (Å²) in [7, 11) is 1.43. The molecule has 0 aromatic heterocycles. The summed E-state index contributed by atoms with van der Waals surface area (Å²) in [6.07, 6.45) is 2.65. The van der Waals surface area contributed by atoms with Crippen molar-refractivity contribution in [2.24, 2.45) is 10.9 Å². The second-order valence-electron chi connectivity index (χ2n) is 11.2. The molecule has 44 heavy (non-hydrogen) atoms. The first-order valence-corrected chi connectivity index (χ1v) is 14.9. The van der Waals surface area contributed by atoms with Crippen LogP contribution in [0.25, 0.3) is 0 Å². The molecule has 2 aromatic rings. The monoisotopic (exact) mass is 604 g/mol. The first kappa shape index (κ1) is 32.5. The van der Waals surface area contributed by atoms with Gasteiger partial charge in [-0.05, 0) is 70.8 Å². The highest BCUT2D eigenvalue weighted by molar-refractivity contribution is 6.03. The van der Waals surface area contributed by atoms with Gasteiger partial charge < -0.3 is 19.3 Å². The van der Waals surface area contributed by atoms with Crippen LogP contribution in [-0.4, -0.2) is 78.7 Å². The van der Waals surface area contributed by atoms with Crippen LogP contribution in [0.1, 0.15) is 57.1 Å². The predicted octanol–water partition coefficient (Wildman–Crippen LogP) is 4.62. The number of methoxy groups -OCH3 is 1. The fraction of sp³-hybridized carbons (Fsp3) is 0.455. The molecule has 1 amide bonds. The average Bonchev–Trinajstić information content (AvgIpc) is 3.03. The molecule has 2 unspecified atom stereocenters. The number of nitrogens with zero attached hydrogens (tertiary/aromatic N) is 4. The zero-order chi connectivity index (χ0) is 31.9. The van der Waals surface area contributed by atoms with E-state index in [1.54, 1.807) is 37.8 Å². The van der Waals surface area contributed by atoms with Crippen LogP contribution in [0.2, 0.25) is 0 Å². The van der Waals surface area contributed by atoms with E-state index in [0.29, 0.717) is 68.1 Å². The van der Waals surface area contributed by atoms with Crippen molar-refractivity contribution in [3.05, 3.63) is 87.2 Å². The Morgan fingerprint density at radius 1 is 1.11 bits per heavy atom. The van der Waals surface area contributed by atoms with Gasteiger partial charge in [-0.25, -0.2) is 0 Å². The molecule has 4 rings (SSSR count). The Hall–Kier alpha value is -4.38. The number of carbonyl (C=O) groups excluding carboxylic acids is 3. The van der Waals surface area contributed by atoms with E-state index >= 15 is 0 Å². The Balaban J connectivity index is 1.52. The van der Waals surface area contributed by atoms with Crippen molar-refractivity contribution in [2.45, 2.75) is 51.4 Å². The Morgan fingerprint density at radius 2 is 1.77 bits per heavy atom. The highest BCUT2D eigenvalue weighted by atomic mass is 16.6. The number of likely N-dealkylation sites (tertiary alicyclic amines) is 1. The Kier molecular flexibility index (Phi) is 10.6. The maximum atomic E-state index is 13.2. The number of amides is 1. The van der Waals surface area contributed by atoms with Gasteiger partial charge in [-0.3, -0.25) is 29.5 Å². The smallest absolute Gasteiger partial charge is 0.316 e. The van der Waals surface area contributed by atoms with Gasteiger partial charge in [0.15, 0.2) is 0 Å². The predicted molar refractivity (Wildman–Crippen MR) is 165 cm³/mol. The Bertz CT molecular complexity index is 1410. The van der Waals surface area contributed by atoms with Gasteiger partial charge in [-0.1, -0.05) is 42.5 Å². The van der Waals surface area contributed by atoms with Crippen LogP contribution in [0.15, 0.2) is 71.0 Å². The van der Waals surface area contributed by atoms with Crippen LogP contribution in [-0.2, 0) is 29.3 Å². The molecule has 0 bridgehead atoms. The lowest BCUT2D eigenvalue weighted by molar-refractivity contribution is -0.384. The van der Waals surface area contributed by atoms with Crippen molar-refractivity contribution in [3.63, 3.8) is 0 Å².